The monoisotopic (exact) mass is 212 g/mol. The van der Waals surface area contributed by atoms with Crippen LogP contribution in [0.5, 0.6) is 0 Å². The Morgan fingerprint density at radius 1 is 1.33 bits per heavy atom. The summed E-state index contributed by atoms with van der Waals surface area (Å²) in [6, 6.07) is 1.53. The number of hydrogen-bond acceptors (Lipinski definition) is 2. The standard InChI is InChI=1S/C13H28N2/c1-4-7-13(14-9-5-2)11-15-10-6-8-12(15)3/h12-14H,4-11H2,1-3H3. The van der Waals surface area contributed by atoms with E-state index in [4.69, 9.17) is 0 Å². The van der Waals surface area contributed by atoms with Gasteiger partial charge in [0.25, 0.3) is 0 Å². The average Bonchev–Trinajstić information content (AvgIpc) is 2.61. The van der Waals surface area contributed by atoms with Gasteiger partial charge in [-0.05, 0) is 45.7 Å². The lowest BCUT2D eigenvalue weighted by Gasteiger charge is -2.27. The number of nitrogens with one attached hydrogen (secondary N) is 1. The summed E-state index contributed by atoms with van der Waals surface area (Å²) in [4.78, 5) is 2.66. The zero-order valence-corrected chi connectivity index (χ0v) is 10.8. The van der Waals surface area contributed by atoms with Crippen LogP contribution in [0.4, 0.5) is 0 Å². The Kier molecular flexibility index (Phi) is 6.26. The van der Waals surface area contributed by atoms with Crippen molar-refractivity contribution in [2.45, 2.75) is 65.0 Å². The van der Waals surface area contributed by atoms with E-state index in [1.54, 1.807) is 0 Å². The second-order valence-corrected chi connectivity index (χ2v) is 4.93. The van der Waals surface area contributed by atoms with Crippen LogP contribution >= 0.6 is 0 Å². The summed E-state index contributed by atoms with van der Waals surface area (Å²) < 4.78 is 0. The van der Waals surface area contributed by atoms with Crippen molar-refractivity contribution in [2.24, 2.45) is 0 Å². The van der Waals surface area contributed by atoms with Crippen LogP contribution in [0.3, 0.4) is 0 Å². The van der Waals surface area contributed by atoms with Crippen LogP contribution in [-0.2, 0) is 0 Å². The topological polar surface area (TPSA) is 15.3 Å². The highest BCUT2D eigenvalue weighted by Gasteiger charge is 2.22. The molecule has 1 aliphatic rings. The van der Waals surface area contributed by atoms with Gasteiger partial charge in [-0.3, -0.25) is 4.90 Å². The van der Waals surface area contributed by atoms with Gasteiger partial charge in [-0.15, -0.1) is 0 Å². The first-order valence-electron chi connectivity index (χ1n) is 6.75. The van der Waals surface area contributed by atoms with Gasteiger partial charge in [0.05, 0.1) is 0 Å². The molecule has 0 aromatic heterocycles. The first-order chi connectivity index (χ1) is 7.27. The van der Waals surface area contributed by atoms with Gasteiger partial charge in [-0.25, -0.2) is 0 Å². The van der Waals surface area contributed by atoms with Crippen molar-refractivity contribution in [3.8, 4) is 0 Å². The van der Waals surface area contributed by atoms with Crippen molar-refractivity contribution in [3.05, 3.63) is 0 Å². The van der Waals surface area contributed by atoms with Crippen LogP contribution in [0.2, 0.25) is 0 Å². The number of hydrogen-bond donors (Lipinski definition) is 1. The predicted octanol–water partition coefficient (Wildman–Crippen LogP) is 2.64. The van der Waals surface area contributed by atoms with Gasteiger partial charge in [-0.1, -0.05) is 20.3 Å². The maximum absolute atomic E-state index is 3.68. The summed E-state index contributed by atoms with van der Waals surface area (Å²) in [5.41, 5.74) is 0. The molecule has 0 aromatic carbocycles. The molecule has 1 saturated heterocycles. The zero-order chi connectivity index (χ0) is 11.1. The molecule has 2 heteroatoms. The summed E-state index contributed by atoms with van der Waals surface area (Å²) in [6.45, 7) is 10.6. The molecule has 0 saturated carbocycles. The molecule has 2 unspecified atom stereocenters. The van der Waals surface area contributed by atoms with E-state index in [1.165, 1.54) is 51.7 Å². The van der Waals surface area contributed by atoms with Crippen LogP contribution in [0.15, 0.2) is 0 Å². The first kappa shape index (κ1) is 13.0. The Labute approximate surface area is 95.4 Å². The maximum atomic E-state index is 3.68. The Morgan fingerprint density at radius 2 is 2.13 bits per heavy atom. The van der Waals surface area contributed by atoms with Crippen molar-refractivity contribution in [2.75, 3.05) is 19.6 Å². The van der Waals surface area contributed by atoms with Gasteiger partial charge in [0.1, 0.15) is 0 Å². The minimum atomic E-state index is 0.718. The molecule has 0 bridgehead atoms. The van der Waals surface area contributed by atoms with E-state index in [0.717, 1.165) is 12.1 Å². The van der Waals surface area contributed by atoms with E-state index in [9.17, 15) is 0 Å². The molecule has 1 fully saturated rings. The van der Waals surface area contributed by atoms with E-state index in [2.05, 4.69) is 31.0 Å². The molecular weight excluding hydrogens is 184 g/mol. The lowest BCUT2D eigenvalue weighted by atomic mass is 10.1. The summed E-state index contributed by atoms with van der Waals surface area (Å²) in [5, 5.41) is 3.68. The molecule has 2 nitrogen and oxygen atoms in total. The van der Waals surface area contributed by atoms with E-state index in [1.807, 2.05) is 0 Å². The van der Waals surface area contributed by atoms with E-state index in [0.29, 0.717) is 0 Å². The van der Waals surface area contributed by atoms with Crippen LogP contribution < -0.4 is 5.32 Å². The fraction of sp³-hybridized carbons (Fsp3) is 1.00. The van der Waals surface area contributed by atoms with Crippen LogP contribution in [0, 0.1) is 0 Å². The molecule has 1 rings (SSSR count). The van der Waals surface area contributed by atoms with Gasteiger partial charge < -0.3 is 5.32 Å². The van der Waals surface area contributed by atoms with E-state index >= 15 is 0 Å². The minimum absolute atomic E-state index is 0.718. The fourth-order valence-electron chi connectivity index (χ4n) is 2.50. The normalized spacial score (nSPS) is 24.6. The largest absolute Gasteiger partial charge is 0.313 e. The Morgan fingerprint density at radius 3 is 2.67 bits per heavy atom. The lowest BCUT2D eigenvalue weighted by Crippen LogP contribution is -2.42. The molecule has 1 heterocycles. The van der Waals surface area contributed by atoms with E-state index < -0.39 is 0 Å². The molecular formula is C13H28N2. The molecule has 0 spiro atoms. The van der Waals surface area contributed by atoms with Gasteiger partial charge in [0.15, 0.2) is 0 Å². The number of likely N-dealkylation sites (tertiary alicyclic amines) is 1. The highest BCUT2D eigenvalue weighted by atomic mass is 15.2. The Balaban J connectivity index is 2.28. The Hall–Kier alpha value is -0.0800. The molecule has 2 atom stereocenters. The van der Waals surface area contributed by atoms with Crippen LogP contribution in [0.1, 0.15) is 52.9 Å². The summed E-state index contributed by atoms with van der Waals surface area (Å²) in [6.07, 6.45) is 6.66. The SMILES string of the molecule is CCCNC(CCC)CN1CCCC1C. The average molecular weight is 212 g/mol. The second-order valence-electron chi connectivity index (χ2n) is 4.93. The highest BCUT2D eigenvalue weighted by Crippen LogP contribution is 2.17. The molecule has 0 radical (unpaired) electrons. The van der Waals surface area contributed by atoms with Gasteiger partial charge >= 0.3 is 0 Å². The van der Waals surface area contributed by atoms with Gasteiger partial charge in [0.2, 0.25) is 0 Å². The number of nitrogens with zero attached hydrogens (tertiary/aromatic N) is 1. The highest BCUT2D eigenvalue weighted by molar-refractivity contribution is 4.80. The zero-order valence-electron chi connectivity index (χ0n) is 10.8. The molecule has 0 aliphatic carbocycles. The molecule has 90 valence electrons. The van der Waals surface area contributed by atoms with Crippen molar-refractivity contribution in [1.82, 2.24) is 10.2 Å². The fourth-order valence-corrected chi connectivity index (χ4v) is 2.50. The smallest absolute Gasteiger partial charge is 0.0195 e. The van der Waals surface area contributed by atoms with Crippen LogP contribution in [0.25, 0.3) is 0 Å². The third kappa shape index (κ3) is 4.52. The van der Waals surface area contributed by atoms with Crippen molar-refractivity contribution in [3.63, 3.8) is 0 Å². The second kappa shape index (κ2) is 7.24. The lowest BCUT2D eigenvalue weighted by molar-refractivity contribution is 0.230. The third-order valence-corrected chi connectivity index (χ3v) is 3.47. The molecule has 1 aliphatic heterocycles. The molecule has 0 aromatic rings. The van der Waals surface area contributed by atoms with Crippen molar-refractivity contribution in [1.29, 1.82) is 0 Å². The van der Waals surface area contributed by atoms with Crippen molar-refractivity contribution < 1.29 is 0 Å². The molecule has 15 heavy (non-hydrogen) atoms. The van der Waals surface area contributed by atoms with Crippen molar-refractivity contribution >= 4 is 0 Å². The number of rotatable bonds is 7. The van der Waals surface area contributed by atoms with Gasteiger partial charge in [0, 0.05) is 18.6 Å². The quantitative estimate of drug-likeness (QED) is 0.698. The maximum Gasteiger partial charge on any atom is 0.0195 e. The summed E-state index contributed by atoms with van der Waals surface area (Å²) >= 11 is 0. The first-order valence-corrected chi connectivity index (χ1v) is 6.75. The Bertz CT molecular complexity index is 159. The summed E-state index contributed by atoms with van der Waals surface area (Å²) in [5.74, 6) is 0. The third-order valence-electron chi connectivity index (χ3n) is 3.47. The molecule has 0 amide bonds. The van der Waals surface area contributed by atoms with Gasteiger partial charge in [-0.2, -0.15) is 0 Å². The van der Waals surface area contributed by atoms with Crippen LogP contribution in [-0.4, -0.2) is 36.6 Å². The predicted molar refractivity (Wildman–Crippen MR) is 67.3 cm³/mol. The van der Waals surface area contributed by atoms with E-state index in [-0.39, 0.29) is 0 Å². The summed E-state index contributed by atoms with van der Waals surface area (Å²) in [7, 11) is 0. The minimum Gasteiger partial charge on any atom is -0.313 e. The molecule has 1 N–H and O–H groups in total.